The highest BCUT2D eigenvalue weighted by atomic mass is 32.2. The first-order valence-corrected chi connectivity index (χ1v) is 7.81. The Labute approximate surface area is 108 Å². The number of nitriles is 1. The summed E-state index contributed by atoms with van der Waals surface area (Å²) in [6.45, 7) is 4.23. The second-order valence-electron chi connectivity index (χ2n) is 5.08. The molecule has 0 radical (unpaired) electrons. The zero-order valence-corrected chi connectivity index (χ0v) is 11.5. The lowest BCUT2D eigenvalue weighted by Crippen LogP contribution is -2.42. The Morgan fingerprint density at radius 2 is 2.24 bits per heavy atom. The first-order chi connectivity index (χ1) is 8.28. The number of thioether (sulfide) groups is 1. The fourth-order valence-corrected chi connectivity index (χ4v) is 3.38. The average molecular weight is 254 g/mol. The second kappa shape index (κ2) is 6.08. The van der Waals surface area contributed by atoms with Crippen LogP contribution in [0.4, 0.5) is 0 Å². The van der Waals surface area contributed by atoms with Gasteiger partial charge in [0.2, 0.25) is 0 Å². The highest BCUT2D eigenvalue weighted by molar-refractivity contribution is 8.00. The molecule has 3 nitrogen and oxygen atoms in total. The van der Waals surface area contributed by atoms with E-state index in [1.165, 1.54) is 19.3 Å². The van der Waals surface area contributed by atoms with Crippen molar-refractivity contribution in [1.82, 2.24) is 4.90 Å². The Balaban J connectivity index is 1.70. The van der Waals surface area contributed by atoms with Gasteiger partial charge in [-0.15, -0.1) is 11.8 Å². The molecule has 0 N–H and O–H groups in total. The van der Waals surface area contributed by atoms with Gasteiger partial charge in [-0.2, -0.15) is 5.26 Å². The first-order valence-electron chi connectivity index (χ1n) is 6.58. The minimum Gasteiger partial charge on any atom is -0.378 e. The van der Waals surface area contributed by atoms with Crippen molar-refractivity contribution in [3.63, 3.8) is 0 Å². The van der Waals surface area contributed by atoms with Gasteiger partial charge in [-0.05, 0) is 38.4 Å². The summed E-state index contributed by atoms with van der Waals surface area (Å²) in [6.07, 6.45) is 8.21. The highest BCUT2D eigenvalue weighted by Gasteiger charge is 2.33. The van der Waals surface area contributed by atoms with Crippen molar-refractivity contribution in [3.05, 3.63) is 0 Å². The summed E-state index contributed by atoms with van der Waals surface area (Å²) in [5, 5.41) is 9.22. The molecule has 0 aromatic heterocycles. The molecule has 0 bridgehead atoms. The average Bonchev–Trinajstić information content (AvgIpc) is 2.90. The maximum atomic E-state index is 9.22. The summed E-state index contributed by atoms with van der Waals surface area (Å²) in [6, 6.07) is 2.50. The van der Waals surface area contributed by atoms with Crippen LogP contribution in [0.15, 0.2) is 0 Å². The van der Waals surface area contributed by atoms with Gasteiger partial charge in [-0.1, -0.05) is 0 Å². The predicted molar refractivity (Wildman–Crippen MR) is 71.1 cm³/mol. The van der Waals surface area contributed by atoms with Crippen LogP contribution in [0.2, 0.25) is 0 Å². The molecule has 2 aliphatic rings. The van der Waals surface area contributed by atoms with Crippen LogP contribution < -0.4 is 0 Å². The molecule has 1 atom stereocenters. The zero-order valence-electron chi connectivity index (χ0n) is 10.7. The molecule has 0 aliphatic carbocycles. The van der Waals surface area contributed by atoms with E-state index in [2.05, 4.69) is 17.2 Å². The topological polar surface area (TPSA) is 36.3 Å². The number of hydrogen-bond acceptors (Lipinski definition) is 4. The highest BCUT2D eigenvalue weighted by Crippen LogP contribution is 2.33. The zero-order chi connectivity index (χ0) is 12.1. The third-order valence-corrected chi connectivity index (χ3v) is 5.33. The number of hydrogen-bond donors (Lipinski definition) is 0. The molecule has 0 aromatic carbocycles. The normalized spacial score (nSPS) is 29.1. The van der Waals surface area contributed by atoms with Crippen molar-refractivity contribution in [3.8, 4) is 6.07 Å². The van der Waals surface area contributed by atoms with Gasteiger partial charge < -0.3 is 9.64 Å². The molecule has 0 spiro atoms. The van der Waals surface area contributed by atoms with Gasteiger partial charge in [0.05, 0.1) is 12.2 Å². The largest absolute Gasteiger partial charge is 0.378 e. The molecule has 2 saturated heterocycles. The van der Waals surface area contributed by atoms with Crippen LogP contribution in [-0.4, -0.2) is 48.2 Å². The van der Waals surface area contributed by atoms with E-state index in [4.69, 9.17) is 4.74 Å². The third-order valence-electron chi connectivity index (χ3n) is 4.05. The first kappa shape index (κ1) is 13.2. The van der Waals surface area contributed by atoms with E-state index >= 15 is 0 Å². The standard InChI is InChI=1S/C13H22N2OS/c1-17-13(11-14)5-8-15(9-6-13)7-4-12-3-2-10-16-12/h12H,2-10H2,1H3. The summed E-state index contributed by atoms with van der Waals surface area (Å²) in [7, 11) is 0. The van der Waals surface area contributed by atoms with Crippen molar-refractivity contribution in [1.29, 1.82) is 5.26 Å². The Kier molecular flexibility index (Phi) is 4.72. The van der Waals surface area contributed by atoms with Crippen LogP contribution in [0.3, 0.4) is 0 Å². The van der Waals surface area contributed by atoms with Gasteiger partial charge in [0, 0.05) is 26.2 Å². The van der Waals surface area contributed by atoms with Gasteiger partial charge in [-0.25, -0.2) is 0 Å². The van der Waals surface area contributed by atoms with E-state index in [0.717, 1.165) is 39.1 Å². The van der Waals surface area contributed by atoms with Gasteiger partial charge in [-0.3, -0.25) is 0 Å². The van der Waals surface area contributed by atoms with Crippen LogP contribution in [0.5, 0.6) is 0 Å². The summed E-state index contributed by atoms with van der Waals surface area (Å²) >= 11 is 1.73. The lowest BCUT2D eigenvalue weighted by atomic mass is 9.97. The number of likely N-dealkylation sites (tertiary alicyclic amines) is 1. The quantitative estimate of drug-likeness (QED) is 0.771. The van der Waals surface area contributed by atoms with E-state index in [0.29, 0.717) is 6.10 Å². The van der Waals surface area contributed by atoms with Crippen molar-refractivity contribution >= 4 is 11.8 Å². The van der Waals surface area contributed by atoms with Crippen molar-refractivity contribution < 1.29 is 4.74 Å². The van der Waals surface area contributed by atoms with E-state index in [9.17, 15) is 5.26 Å². The van der Waals surface area contributed by atoms with Crippen molar-refractivity contribution in [2.45, 2.75) is 43.0 Å². The molecule has 0 aromatic rings. The van der Waals surface area contributed by atoms with Crippen LogP contribution in [-0.2, 0) is 4.74 Å². The number of rotatable bonds is 4. The monoisotopic (exact) mass is 254 g/mol. The van der Waals surface area contributed by atoms with E-state index in [1.54, 1.807) is 11.8 Å². The second-order valence-corrected chi connectivity index (χ2v) is 6.27. The Hall–Kier alpha value is -0.240. The molecule has 2 aliphatic heterocycles. The number of ether oxygens (including phenoxy) is 1. The third kappa shape index (κ3) is 3.37. The fourth-order valence-electron chi connectivity index (χ4n) is 2.70. The molecule has 2 rings (SSSR count). The summed E-state index contributed by atoms with van der Waals surface area (Å²) in [5.74, 6) is 0. The molecular formula is C13H22N2OS. The molecule has 1 unspecified atom stereocenters. The van der Waals surface area contributed by atoms with Gasteiger partial charge in [0.25, 0.3) is 0 Å². The van der Waals surface area contributed by atoms with Gasteiger partial charge in [0.15, 0.2) is 0 Å². The molecule has 4 heteroatoms. The molecular weight excluding hydrogens is 232 g/mol. The minimum atomic E-state index is -0.111. The molecule has 2 heterocycles. The summed E-state index contributed by atoms with van der Waals surface area (Å²) < 4.78 is 5.53. The van der Waals surface area contributed by atoms with Crippen LogP contribution in [0, 0.1) is 11.3 Å². The smallest absolute Gasteiger partial charge is 0.104 e. The molecule has 96 valence electrons. The lowest BCUT2D eigenvalue weighted by Gasteiger charge is -2.36. The van der Waals surface area contributed by atoms with Gasteiger partial charge >= 0.3 is 0 Å². The van der Waals surface area contributed by atoms with Crippen LogP contribution >= 0.6 is 11.8 Å². The minimum absolute atomic E-state index is 0.111. The Bertz CT molecular complexity index is 276. The number of nitrogens with zero attached hydrogens (tertiary/aromatic N) is 2. The SMILES string of the molecule is CSC1(C#N)CCN(CCC2CCCO2)CC1. The van der Waals surface area contributed by atoms with E-state index in [1.807, 2.05) is 0 Å². The Morgan fingerprint density at radius 3 is 2.76 bits per heavy atom. The van der Waals surface area contributed by atoms with Crippen LogP contribution in [0.1, 0.15) is 32.1 Å². The predicted octanol–water partition coefficient (Wildman–Crippen LogP) is 2.28. The van der Waals surface area contributed by atoms with E-state index < -0.39 is 0 Å². The molecule has 2 fully saturated rings. The maximum Gasteiger partial charge on any atom is 0.104 e. The van der Waals surface area contributed by atoms with Crippen LogP contribution in [0.25, 0.3) is 0 Å². The molecule has 0 amide bonds. The van der Waals surface area contributed by atoms with Crippen molar-refractivity contribution in [2.75, 3.05) is 32.5 Å². The maximum absolute atomic E-state index is 9.22. The summed E-state index contributed by atoms with van der Waals surface area (Å²) in [4.78, 5) is 2.49. The van der Waals surface area contributed by atoms with E-state index in [-0.39, 0.29) is 4.75 Å². The summed E-state index contributed by atoms with van der Waals surface area (Å²) in [5.41, 5.74) is 0. The van der Waals surface area contributed by atoms with Crippen molar-refractivity contribution in [2.24, 2.45) is 0 Å². The van der Waals surface area contributed by atoms with Gasteiger partial charge in [0.1, 0.15) is 4.75 Å². The Morgan fingerprint density at radius 1 is 1.47 bits per heavy atom. The number of piperidine rings is 1. The molecule has 0 saturated carbocycles. The lowest BCUT2D eigenvalue weighted by molar-refractivity contribution is 0.0881. The fraction of sp³-hybridized carbons (Fsp3) is 0.923. The molecule has 17 heavy (non-hydrogen) atoms.